The predicted molar refractivity (Wildman–Crippen MR) is 64.7 cm³/mol. The van der Waals surface area contributed by atoms with E-state index in [9.17, 15) is 9.59 Å². The van der Waals surface area contributed by atoms with Gasteiger partial charge in [0, 0.05) is 24.6 Å². The Balaban J connectivity index is 1.98. The standard InChI is InChI=1S/C13H16N2O2/c1-9-4-2-3-5-11(9)13(17)15-10-6-7-12(16)14-8-10/h2-5,10H,6-8H2,1H3,(H,14,16)(H,15,17)/t10-/m1/s1. The molecule has 17 heavy (non-hydrogen) atoms. The van der Waals surface area contributed by atoms with Crippen molar-refractivity contribution in [1.82, 2.24) is 10.6 Å². The van der Waals surface area contributed by atoms with E-state index in [1.807, 2.05) is 31.2 Å². The molecule has 2 rings (SSSR count). The summed E-state index contributed by atoms with van der Waals surface area (Å²) in [6, 6.07) is 7.53. The lowest BCUT2D eigenvalue weighted by Crippen LogP contribution is -2.47. The van der Waals surface area contributed by atoms with E-state index in [0.717, 1.165) is 5.56 Å². The highest BCUT2D eigenvalue weighted by Gasteiger charge is 2.20. The molecule has 0 spiro atoms. The minimum Gasteiger partial charge on any atom is -0.354 e. The molecule has 2 N–H and O–H groups in total. The fourth-order valence-corrected chi connectivity index (χ4v) is 1.95. The van der Waals surface area contributed by atoms with Crippen molar-refractivity contribution in [3.63, 3.8) is 0 Å². The molecule has 2 amide bonds. The molecule has 0 aliphatic carbocycles. The first-order chi connectivity index (χ1) is 8.16. The van der Waals surface area contributed by atoms with Crippen LogP contribution in [0, 0.1) is 6.92 Å². The quantitative estimate of drug-likeness (QED) is 0.799. The van der Waals surface area contributed by atoms with Gasteiger partial charge in [-0.15, -0.1) is 0 Å². The lowest BCUT2D eigenvalue weighted by molar-refractivity contribution is -0.122. The molecule has 0 saturated carbocycles. The lowest BCUT2D eigenvalue weighted by atomic mass is 10.0. The molecular weight excluding hydrogens is 216 g/mol. The molecule has 0 radical (unpaired) electrons. The summed E-state index contributed by atoms with van der Waals surface area (Å²) in [6.07, 6.45) is 1.20. The van der Waals surface area contributed by atoms with E-state index in [1.54, 1.807) is 0 Å². The van der Waals surface area contributed by atoms with Gasteiger partial charge in [0.25, 0.3) is 5.91 Å². The zero-order chi connectivity index (χ0) is 12.3. The Kier molecular flexibility index (Phi) is 3.42. The van der Waals surface area contributed by atoms with E-state index in [-0.39, 0.29) is 17.9 Å². The van der Waals surface area contributed by atoms with Crippen LogP contribution in [0.2, 0.25) is 0 Å². The van der Waals surface area contributed by atoms with E-state index in [0.29, 0.717) is 24.9 Å². The number of hydrogen-bond donors (Lipinski definition) is 2. The molecule has 1 aliphatic heterocycles. The maximum atomic E-state index is 12.0. The molecule has 1 aromatic rings. The Morgan fingerprint density at radius 2 is 2.18 bits per heavy atom. The van der Waals surface area contributed by atoms with Gasteiger partial charge in [0.1, 0.15) is 0 Å². The summed E-state index contributed by atoms with van der Waals surface area (Å²) < 4.78 is 0. The van der Waals surface area contributed by atoms with Crippen molar-refractivity contribution in [1.29, 1.82) is 0 Å². The molecule has 4 heteroatoms. The molecule has 0 aromatic heterocycles. The second kappa shape index (κ2) is 4.99. The first kappa shape index (κ1) is 11.6. The molecule has 1 heterocycles. The van der Waals surface area contributed by atoms with Gasteiger partial charge in [0.05, 0.1) is 0 Å². The second-order valence-electron chi connectivity index (χ2n) is 4.33. The summed E-state index contributed by atoms with van der Waals surface area (Å²) in [5.41, 5.74) is 1.66. The lowest BCUT2D eigenvalue weighted by Gasteiger charge is -2.23. The zero-order valence-corrected chi connectivity index (χ0v) is 9.82. The fourth-order valence-electron chi connectivity index (χ4n) is 1.95. The van der Waals surface area contributed by atoms with Crippen molar-refractivity contribution < 1.29 is 9.59 Å². The Labute approximate surface area is 100 Å². The molecule has 4 nitrogen and oxygen atoms in total. The number of rotatable bonds is 2. The van der Waals surface area contributed by atoms with Crippen LogP contribution >= 0.6 is 0 Å². The molecule has 1 saturated heterocycles. The molecule has 1 aliphatic rings. The summed E-state index contributed by atoms with van der Waals surface area (Å²) >= 11 is 0. The average Bonchev–Trinajstić information content (AvgIpc) is 2.32. The number of nitrogens with one attached hydrogen (secondary N) is 2. The first-order valence-electron chi connectivity index (χ1n) is 5.80. The average molecular weight is 232 g/mol. The van der Waals surface area contributed by atoms with Crippen LogP contribution in [0.1, 0.15) is 28.8 Å². The van der Waals surface area contributed by atoms with Crippen molar-refractivity contribution in [2.75, 3.05) is 6.54 Å². The topological polar surface area (TPSA) is 58.2 Å². The second-order valence-corrected chi connectivity index (χ2v) is 4.33. The van der Waals surface area contributed by atoms with Crippen LogP contribution in [0.3, 0.4) is 0 Å². The van der Waals surface area contributed by atoms with E-state index in [4.69, 9.17) is 0 Å². The highest BCUT2D eigenvalue weighted by Crippen LogP contribution is 2.09. The Morgan fingerprint density at radius 3 is 2.82 bits per heavy atom. The van der Waals surface area contributed by atoms with Gasteiger partial charge in [-0.05, 0) is 25.0 Å². The van der Waals surface area contributed by atoms with Gasteiger partial charge in [-0.1, -0.05) is 18.2 Å². The van der Waals surface area contributed by atoms with Crippen LogP contribution in [-0.2, 0) is 4.79 Å². The fraction of sp³-hybridized carbons (Fsp3) is 0.385. The summed E-state index contributed by atoms with van der Waals surface area (Å²) in [5, 5.41) is 5.69. The number of aryl methyl sites for hydroxylation is 1. The van der Waals surface area contributed by atoms with E-state index < -0.39 is 0 Å². The summed E-state index contributed by atoms with van der Waals surface area (Å²) in [7, 11) is 0. The third kappa shape index (κ3) is 2.84. The highest BCUT2D eigenvalue weighted by molar-refractivity contribution is 5.95. The molecule has 0 unspecified atom stereocenters. The number of benzene rings is 1. The summed E-state index contributed by atoms with van der Waals surface area (Å²) in [6.45, 7) is 2.44. The van der Waals surface area contributed by atoms with Crippen molar-refractivity contribution in [2.24, 2.45) is 0 Å². The number of amides is 2. The number of piperidine rings is 1. The van der Waals surface area contributed by atoms with Crippen LogP contribution < -0.4 is 10.6 Å². The van der Waals surface area contributed by atoms with Gasteiger partial charge in [-0.2, -0.15) is 0 Å². The minimum absolute atomic E-state index is 0.0415. The Bertz CT molecular complexity index is 433. The third-order valence-corrected chi connectivity index (χ3v) is 2.99. The monoisotopic (exact) mass is 232 g/mol. The van der Waals surface area contributed by atoms with E-state index >= 15 is 0 Å². The van der Waals surface area contributed by atoms with Crippen LogP contribution in [0.25, 0.3) is 0 Å². The number of hydrogen-bond acceptors (Lipinski definition) is 2. The van der Waals surface area contributed by atoms with Crippen LogP contribution in [-0.4, -0.2) is 24.4 Å². The molecule has 1 aromatic carbocycles. The van der Waals surface area contributed by atoms with Gasteiger partial charge >= 0.3 is 0 Å². The SMILES string of the molecule is Cc1ccccc1C(=O)N[C@@H]1CCC(=O)NC1. The highest BCUT2D eigenvalue weighted by atomic mass is 16.2. The van der Waals surface area contributed by atoms with Crippen LogP contribution in [0.4, 0.5) is 0 Å². The van der Waals surface area contributed by atoms with Crippen molar-refractivity contribution in [3.8, 4) is 0 Å². The van der Waals surface area contributed by atoms with Gasteiger partial charge < -0.3 is 10.6 Å². The maximum Gasteiger partial charge on any atom is 0.251 e. The molecule has 0 bridgehead atoms. The van der Waals surface area contributed by atoms with Gasteiger partial charge in [0.2, 0.25) is 5.91 Å². The van der Waals surface area contributed by atoms with Crippen molar-refractivity contribution in [2.45, 2.75) is 25.8 Å². The van der Waals surface area contributed by atoms with Gasteiger partial charge in [-0.3, -0.25) is 9.59 Å². The van der Waals surface area contributed by atoms with Crippen LogP contribution in [0.5, 0.6) is 0 Å². The van der Waals surface area contributed by atoms with Crippen molar-refractivity contribution >= 4 is 11.8 Å². The predicted octanol–water partition coefficient (Wildman–Crippen LogP) is 1.00. The smallest absolute Gasteiger partial charge is 0.251 e. The van der Waals surface area contributed by atoms with Crippen molar-refractivity contribution in [3.05, 3.63) is 35.4 Å². The van der Waals surface area contributed by atoms with Crippen LogP contribution in [0.15, 0.2) is 24.3 Å². The largest absolute Gasteiger partial charge is 0.354 e. The number of carbonyl (C=O) groups is 2. The van der Waals surface area contributed by atoms with E-state index in [1.165, 1.54) is 0 Å². The molecule has 1 atom stereocenters. The Hall–Kier alpha value is -1.84. The summed E-state index contributed by atoms with van der Waals surface area (Å²) in [4.78, 5) is 23.0. The number of carbonyl (C=O) groups excluding carboxylic acids is 2. The molecular formula is C13H16N2O2. The Morgan fingerprint density at radius 1 is 1.41 bits per heavy atom. The van der Waals surface area contributed by atoms with E-state index in [2.05, 4.69) is 10.6 Å². The minimum atomic E-state index is -0.0655. The summed E-state index contributed by atoms with van der Waals surface area (Å²) in [5.74, 6) is -0.00404. The first-order valence-corrected chi connectivity index (χ1v) is 5.80. The normalized spacial score (nSPS) is 19.6. The molecule has 1 fully saturated rings. The zero-order valence-electron chi connectivity index (χ0n) is 9.82. The third-order valence-electron chi connectivity index (χ3n) is 2.99. The maximum absolute atomic E-state index is 12.0. The van der Waals surface area contributed by atoms with Gasteiger partial charge in [-0.25, -0.2) is 0 Å². The molecule has 90 valence electrons. The van der Waals surface area contributed by atoms with Gasteiger partial charge in [0.15, 0.2) is 0 Å².